The molecule has 0 amide bonds. The molecule has 10 nitrogen and oxygen atoms in total. The van der Waals surface area contributed by atoms with Crippen molar-refractivity contribution in [3.05, 3.63) is 22.9 Å². The van der Waals surface area contributed by atoms with Crippen LogP contribution >= 0.6 is 0 Å². The second-order valence-corrected chi connectivity index (χ2v) is 13.6. The summed E-state index contributed by atoms with van der Waals surface area (Å²) in [5.74, 6) is -6.94. The number of hydrogen-bond acceptors (Lipinski definition) is 10. The molecule has 3 aromatic heterocycles. The number of ether oxygens (including phenoxy) is 2. The van der Waals surface area contributed by atoms with Gasteiger partial charge in [0.15, 0.2) is 17.5 Å². The molecule has 1 spiro atoms. The Bertz CT molecular complexity index is 1790. The van der Waals surface area contributed by atoms with Gasteiger partial charge in [0.05, 0.1) is 33.9 Å². The van der Waals surface area contributed by atoms with E-state index in [9.17, 15) is 22.0 Å². The zero-order valence-corrected chi connectivity index (χ0v) is 26.5. The zero-order chi connectivity index (χ0) is 34.4. The van der Waals surface area contributed by atoms with Crippen LogP contribution in [0.25, 0.3) is 22.2 Å². The van der Waals surface area contributed by atoms with E-state index in [2.05, 4.69) is 30.6 Å². The Morgan fingerprint density at radius 3 is 2.54 bits per heavy atom. The van der Waals surface area contributed by atoms with Crippen molar-refractivity contribution in [3.63, 3.8) is 0 Å². The fraction of sp³-hybridized carbons (Fsp3) is 0.613. The van der Waals surface area contributed by atoms with Crippen LogP contribution in [0.3, 0.4) is 0 Å². The Labute approximate surface area is 271 Å². The van der Waals surface area contributed by atoms with E-state index in [0.717, 1.165) is 13.3 Å². The molecular formula is C31H35F7N8O2. The third kappa shape index (κ3) is 5.33. The van der Waals surface area contributed by atoms with Crippen molar-refractivity contribution in [2.45, 2.75) is 82.7 Å². The molecule has 3 aromatic rings. The van der Waals surface area contributed by atoms with Crippen LogP contribution in [0.15, 0.2) is 0 Å². The second kappa shape index (κ2) is 11.1. The Hall–Kier alpha value is -3.73. The Morgan fingerprint density at radius 1 is 1.08 bits per heavy atom. The third-order valence-corrected chi connectivity index (χ3v) is 10.1. The van der Waals surface area contributed by atoms with Gasteiger partial charge < -0.3 is 25.8 Å². The number of anilines is 2. The van der Waals surface area contributed by atoms with Crippen LogP contribution in [-0.4, -0.2) is 81.2 Å². The number of fused-ring (bicyclic) bond motifs is 1. The van der Waals surface area contributed by atoms with Crippen molar-refractivity contribution in [1.29, 1.82) is 0 Å². The summed E-state index contributed by atoms with van der Waals surface area (Å²) in [7, 11) is 0. The average Bonchev–Trinajstić information content (AvgIpc) is 3.21. The van der Waals surface area contributed by atoms with Gasteiger partial charge in [-0.15, -0.1) is 0 Å². The highest BCUT2D eigenvalue weighted by atomic mass is 19.4. The first-order chi connectivity index (χ1) is 22.5. The molecule has 1 aliphatic carbocycles. The maximum absolute atomic E-state index is 16.7. The molecule has 2 saturated heterocycles. The molecule has 48 heavy (non-hydrogen) atoms. The summed E-state index contributed by atoms with van der Waals surface area (Å²) < 4.78 is 116. The summed E-state index contributed by atoms with van der Waals surface area (Å²) in [6, 6.07) is -0.445. The summed E-state index contributed by atoms with van der Waals surface area (Å²) in [5, 5.41) is 6.34. The van der Waals surface area contributed by atoms with Crippen molar-refractivity contribution in [3.8, 4) is 23.1 Å². The van der Waals surface area contributed by atoms with Crippen molar-refractivity contribution in [2.75, 3.05) is 43.8 Å². The molecule has 0 bridgehead atoms. The molecule has 0 aromatic carbocycles. The number of alkyl halides is 5. The van der Waals surface area contributed by atoms with E-state index in [-0.39, 0.29) is 61.7 Å². The van der Waals surface area contributed by atoms with Crippen molar-refractivity contribution in [2.24, 2.45) is 5.41 Å². The Balaban J connectivity index is 1.39. The fourth-order valence-electron chi connectivity index (χ4n) is 7.59. The van der Waals surface area contributed by atoms with Gasteiger partial charge in [0, 0.05) is 25.6 Å². The number of aryl methyl sites for hydroxylation is 1. The standard InChI is InChI=1S/C31H35F7N8O2/c1-14-9-41-25-18-23(44-27(45-25)47-13-29-6-4-8-46(29)12-28(10-29)11-30(28,34)35)21(33)22(43-26(18)48-15(2)5-7-40-14)17-19(31(36,37)38)16(3)42-24(39)20(17)32/h14-15,40H,4-13H2,1-3H3,(H2,39,42)(H,41,44,45)/t14?,15-,28?,29-/m0/s1. The van der Waals surface area contributed by atoms with E-state index in [1.807, 2.05) is 11.8 Å². The molecule has 1 saturated carbocycles. The highest BCUT2D eigenvalue weighted by molar-refractivity contribution is 5.96. The minimum absolute atomic E-state index is 0.0186. The maximum atomic E-state index is 16.7. The van der Waals surface area contributed by atoms with Gasteiger partial charge in [-0.2, -0.15) is 23.1 Å². The maximum Gasteiger partial charge on any atom is 0.418 e. The molecule has 3 fully saturated rings. The quantitative estimate of drug-likeness (QED) is 0.305. The summed E-state index contributed by atoms with van der Waals surface area (Å²) in [4.78, 5) is 18.4. The first kappa shape index (κ1) is 32.8. The third-order valence-electron chi connectivity index (χ3n) is 10.1. The van der Waals surface area contributed by atoms with Crippen molar-refractivity contribution < 1.29 is 40.2 Å². The molecule has 3 aliphatic heterocycles. The number of nitrogen functional groups attached to an aromatic ring is 1. The Kier molecular flexibility index (Phi) is 7.62. The second-order valence-electron chi connectivity index (χ2n) is 13.6. The summed E-state index contributed by atoms with van der Waals surface area (Å²) >= 11 is 0. The van der Waals surface area contributed by atoms with Crippen LogP contribution in [0.2, 0.25) is 0 Å². The molecule has 2 unspecified atom stereocenters. The van der Waals surface area contributed by atoms with Crippen LogP contribution in [0, 0.1) is 24.0 Å². The van der Waals surface area contributed by atoms with E-state index in [1.165, 1.54) is 0 Å². The summed E-state index contributed by atoms with van der Waals surface area (Å²) in [5.41, 5.74) is -1.20. The number of nitrogens with two attached hydrogens (primary N) is 1. The van der Waals surface area contributed by atoms with E-state index < -0.39 is 74.6 Å². The molecule has 4 N–H and O–H groups in total. The largest absolute Gasteiger partial charge is 0.474 e. The first-order valence-electron chi connectivity index (χ1n) is 15.9. The number of rotatable bonds is 4. The lowest BCUT2D eigenvalue weighted by molar-refractivity contribution is -0.138. The number of aromatic nitrogens is 4. The number of nitrogens with zero attached hydrogens (tertiary/aromatic N) is 5. The molecule has 17 heteroatoms. The van der Waals surface area contributed by atoms with Gasteiger partial charge in [-0.1, -0.05) is 0 Å². The summed E-state index contributed by atoms with van der Waals surface area (Å²) in [6.07, 6.45) is -3.87. The number of pyridine rings is 2. The fourth-order valence-corrected chi connectivity index (χ4v) is 7.59. The lowest BCUT2D eigenvalue weighted by Crippen LogP contribution is -2.43. The monoisotopic (exact) mass is 684 g/mol. The normalized spacial score (nSPS) is 28.5. The highest BCUT2D eigenvalue weighted by Crippen LogP contribution is 2.69. The first-order valence-corrected chi connectivity index (χ1v) is 15.9. The van der Waals surface area contributed by atoms with Crippen LogP contribution in [-0.2, 0) is 6.18 Å². The molecule has 260 valence electrons. The van der Waals surface area contributed by atoms with E-state index in [1.54, 1.807) is 6.92 Å². The van der Waals surface area contributed by atoms with Crippen molar-refractivity contribution in [1.82, 2.24) is 30.2 Å². The minimum atomic E-state index is -5.16. The predicted octanol–water partition coefficient (Wildman–Crippen LogP) is 5.48. The minimum Gasteiger partial charge on any atom is -0.474 e. The summed E-state index contributed by atoms with van der Waals surface area (Å²) in [6.45, 7) is 6.17. The van der Waals surface area contributed by atoms with Crippen LogP contribution < -0.4 is 25.8 Å². The SMILES string of the molecule is Cc1nc(N)c(F)c(-c2nc3c4c(nc(OC[C@@]56CCCN5CC5(CC5(F)F)C6)nc4c2F)NCC(C)NCC[C@H](C)O3)c1C(F)(F)F. The Morgan fingerprint density at radius 2 is 1.83 bits per heavy atom. The van der Waals surface area contributed by atoms with E-state index in [0.29, 0.717) is 25.9 Å². The molecule has 4 aliphatic rings. The van der Waals surface area contributed by atoms with Gasteiger partial charge in [-0.3, -0.25) is 4.90 Å². The van der Waals surface area contributed by atoms with Gasteiger partial charge in [0.25, 0.3) is 5.92 Å². The predicted molar refractivity (Wildman–Crippen MR) is 161 cm³/mol. The lowest BCUT2D eigenvalue weighted by atomic mass is 9.89. The van der Waals surface area contributed by atoms with Gasteiger partial charge in [-0.25, -0.2) is 27.5 Å². The van der Waals surface area contributed by atoms with E-state index >= 15 is 8.78 Å². The molecular weight excluding hydrogens is 649 g/mol. The van der Waals surface area contributed by atoms with Crippen LogP contribution in [0.4, 0.5) is 42.4 Å². The van der Waals surface area contributed by atoms with Crippen LogP contribution in [0.5, 0.6) is 11.9 Å². The number of hydrogen-bond donors (Lipinski definition) is 3. The van der Waals surface area contributed by atoms with Gasteiger partial charge in [0.2, 0.25) is 5.88 Å². The lowest BCUT2D eigenvalue weighted by Gasteiger charge is -2.31. The van der Waals surface area contributed by atoms with Crippen LogP contribution in [0.1, 0.15) is 57.2 Å². The zero-order valence-electron chi connectivity index (χ0n) is 26.5. The number of halogens is 7. The molecule has 6 heterocycles. The molecule has 0 radical (unpaired) electrons. The molecule has 7 rings (SSSR count). The van der Waals surface area contributed by atoms with Gasteiger partial charge in [-0.05, 0) is 59.5 Å². The number of nitrogens with one attached hydrogen (secondary N) is 2. The van der Waals surface area contributed by atoms with Gasteiger partial charge in [0.1, 0.15) is 29.0 Å². The smallest absolute Gasteiger partial charge is 0.418 e. The molecule has 4 atom stereocenters. The topological polar surface area (TPSA) is 123 Å². The van der Waals surface area contributed by atoms with Crippen molar-refractivity contribution >= 4 is 22.5 Å². The highest BCUT2D eigenvalue weighted by Gasteiger charge is 2.77. The average molecular weight is 685 g/mol. The van der Waals surface area contributed by atoms with Gasteiger partial charge >= 0.3 is 12.2 Å². The van der Waals surface area contributed by atoms with E-state index in [4.69, 9.17) is 15.2 Å².